The summed E-state index contributed by atoms with van der Waals surface area (Å²) >= 11 is 0. The van der Waals surface area contributed by atoms with Crippen LogP contribution >= 0.6 is 0 Å². The van der Waals surface area contributed by atoms with Crippen molar-refractivity contribution in [2.75, 3.05) is 6.61 Å². The Bertz CT molecular complexity index is 1180. The van der Waals surface area contributed by atoms with Crippen LogP contribution in [-0.2, 0) is 25.6 Å². The number of Topliss-reactive ketones (excluding diaryl/α,β-unsaturated/α-hetero) is 1. The minimum atomic E-state index is -1.08. The van der Waals surface area contributed by atoms with E-state index in [1.807, 2.05) is 30.3 Å². The summed E-state index contributed by atoms with van der Waals surface area (Å²) in [5.41, 5.74) is 3.46. The second-order valence-corrected chi connectivity index (χ2v) is 12.8. The first-order valence-electron chi connectivity index (χ1n) is 14.6. The van der Waals surface area contributed by atoms with Crippen LogP contribution in [0.5, 0.6) is 0 Å². The van der Waals surface area contributed by atoms with E-state index in [9.17, 15) is 19.5 Å². The van der Waals surface area contributed by atoms with Gasteiger partial charge in [0.2, 0.25) is 0 Å². The van der Waals surface area contributed by atoms with Crippen LogP contribution in [0, 0.1) is 34.5 Å². The van der Waals surface area contributed by atoms with Crippen LogP contribution in [0.3, 0.4) is 0 Å². The number of nitrogens with zero attached hydrogens (tertiary/aromatic N) is 1. The van der Waals surface area contributed by atoms with E-state index in [-0.39, 0.29) is 29.8 Å². The van der Waals surface area contributed by atoms with Gasteiger partial charge >= 0.3 is 5.97 Å². The molecular formula is C32H42N2O5. The van der Waals surface area contributed by atoms with Crippen LogP contribution in [0.4, 0.5) is 0 Å². The fourth-order valence-electron chi connectivity index (χ4n) is 8.77. The maximum absolute atomic E-state index is 12.4. The maximum Gasteiger partial charge on any atom is 0.326 e. The van der Waals surface area contributed by atoms with Crippen molar-refractivity contribution in [2.45, 2.75) is 84.6 Å². The first-order valence-corrected chi connectivity index (χ1v) is 14.6. The molecule has 0 spiro atoms. The molecule has 7 nitrogen and oxygen atoms in total. The number of aliphatic carboxylic acids is 1. The average molecular weight is 535 g/mol. The third-order valence-corrected chi connectivity index (χ3v) is 10.8. The predicted octanol–water partition coefficient (Wildman–Crippen LogP) is 5.34. The quantitative estimate of drug-likeness (QED) is 0.438. The van der Waals surface area contributed by atoms with Crippen molar-refractivity contribution in [3.05, 3.63) is 47.5 Å². The van der Waals surface area contributed by atoms with Gasteiger partial charge in [0.1, 0.15) is 11.8 Å². The molecule has 0 saturated heterocycles. The van der Waals surface area contributed by atoms with Crippen LogP contribution in [0.2, 0.25) is 0 Å². The van der Waals surface area contributed by atoms with E-state index in [0.29, 0.717) is 23.5 Å². The van der Waals surface area contributed by atoms with Crippen molar-refractivity contribution >= 4 is 23.4 Å². The number of amides is 1. The number of hydrogen-bond acceptors (Lipinski definition) is 5. The molecule has 2 N–H and O–H groups in total. The number of hydrogen-bond donors (Lipinski definition) is 2. The summed E-state index contributed by atoms with van der Waals surface area (Å²) in [6.07, 6.45) is 11.0. The molecule has 5 unspecified atom stereocenters. The van der Waals surface area contributed by atoms with Crippen molar-refractivity contribution in [3.63, 3.8) is 0 Å². The van der Waals surface area contributed by atoms with Gasteiger partial charge < -0.3 is 15.3 Å². The van der Waals surface area contributed by atoms with Crippen molar-refractivity contribution in [3.8, 4) is 0 Å². The van der Waals surface area contributed by atoms with E-state index in [1.54, 1.807) is 6.92 Å². The normalized spacial score (nSPS) is 35.2. The largest absolute Gasteiger partial charge is 0.480 e. The van der Waals surface area contributed by atoms with Gasteiger partial charge in [-0.1, -0.05) is 54.9 Å². The van der Waals surface area contributed by atoms with Gasteiger partial charge in [-0.05, 0) is 98.5 Å². The lowest BCUT2D eigenvalue weighted by Gasteiger charge is -2.58. The van der Waals surface area contributed by atoms with Gasteiger partial charge in [-0.2, -0.15) is 0 Å². The molecule has 7 atom stereocenters. The predicted molar refractivity (Wildman–Crippen MR) is 149 cm³/mol. The van der Waals surface area contributed by atoms with Gasteiger partial charge in [0.25, 0.3) is 5.91 Å². The van der Waals surface area contributed by atoms with Crippen LogP contribution in [-0.4, -0.2) is 41.1 Å². The number of carbonyl (C=O) groups excluding carboxylic acids is 2. The summed E-state index contributed by atoms with van der Waals surface area (Å²) in [5, 5.41) is 16.3. The number of rotatable bonds is 8. The highest BCUT2D eigenvalue weighted by atomic mass is 16.6. The maximum atomic E-state index is 12.4. The smallest absolute Gasteiger partial charge is 0.326 e. The summed E-state index contributed by atoms with van der Waals surface area (Å²) in [6.45, 7) is 6.29. The Balaban J connectivity index is 1.19. The van der Waals surface area contributed by atoms with Gasteiger partial charge in [-0.25, -0.2) is 4.79 Å². The molecule has 1 aromatic rings. The molecule has 0 heterocycles. The van der Waals surface area contributed by atoms with E-state index in [1.165, 1.54) is 24.8 Å². The number of fused-ring (bicyclic) bond motifs is 5. The topological polar surface area (TPSA) is 105 Å². The molecule has 0 radical (unpaired) electrons. The van der Waals surface area contributed by atoms with Crippen molar-refractivity contribution in [1.82, 2.24) is 5.32 Å². The fraction of sp³-hybridized carbons (Fsp3) is 0.625. The van der Waals surface area contributed by atoms with Crippen molar-refractivity contribution < 1.29 is 24.3 Å². The van der Waals surface area contributed by atoms with Gasteiger partial charge in [-0.3, -0.25) is 9.59 Å². The minimum Gasteiger partial charge on any atom is -0.480 e. The molecular weight excluding hydrogens is 492 g/mol. The second-order valence-electron chi connectivity index (χ2n) is 12.8. The van der Waals surface area contributed by atoms with Crippen molar-refractivity contribution in [1.29, 1.82) is 0 Å². The van der Waals surface area contributed by atoms with Crippen molar-refractivity contribution in [2.24, 2.45) is 39.7 Å². The Morgan fingerprint density at radius 3 is 2.54 bits per heavy atom. The molecule has 1 aromatic carbocycles. The fourth-order valence-corrected chi connectivity index (χ4v) is 8.77. The van der Waals surface area contributed by atoms with E-state index in [4.69, 9.17) is 4.84 Å². The van der Waals surface area contributed by atoms with Crippen LogP contribution in [0.15, 0.2) is 47.1 Å². The Hall–Kier alpha value is -2.96. The summed E-state index contributed by atoms with van der Waals surface area (Å²) in [4.78, 5) is 41.8. The third-order valence-electron chi connectivity index (χ3n) is 10.8. The van der Waals surface area contributed by atoms with Crippen LogP contribution < -0.4 is 5.32 Å². The van der Waals surface area contributed by atoms with E-state index < -0.39 is 17.9 Å². The minimum absolute atomic E-state index is 0.154. The summed E-state index contributed by atoms with van der Waals surface area (Å²) in [7, 11) is 0. The zero-order valence-corrected chi connectivity index (χ0v) is 23.4. The second kappa shape index (κ2) is 10.9. The van der Waals surface area contributed by atoms with E-state index in [0.717, 1.165) is 43.4 Å². The summed E-state index contributed by atoms with van der Waals surface area (Å²) in [6, 6.07) is 8.21. The number of allylic oxidation sites excluding steroid dienone is 2. The number of carboxylic acids is 1. The zero-order chi connectivity index (χ0) is 27.8. The summed E-state index contributed by atoms with van der Waals surface area (Å²) < 4.78 is 0. The molecule has 0 bridgehead atoms. The lowest BCUT2D eigenvalue weighted by Crippen LogP contribution is -2.51. The third kappa shape index (κ3) is 5.29. The molecule has 0 aromatic heterocycles. The number of carbonyl (C=O) groups is 3. The van der Waals surface area contributed by atoms with Crippen LogP contribution in [0.1, 0.15) is 77.7 Å². The highest BCUT2D eigenvalue weighted by molar-refractivity contribution is 5.96. The number of ketones is 1. The van der Waals surface area contributed by atoms with Gasteiger partial charge in [-0.15, -0.1) is 0 Å². The van der Waals surface area contributed by atoms with Gasteiger partial charge in [0.05, 0.1) is 5.71 Å². The van der Waals surface area contributed by atoms with E-state index in [2.05, 4.69) is 30.4 Å². The number of benzene rings is 1. The first kappa shape index (κ1) is 27.6. The lowest BCUT2D eigenvalue weighted by atomic mass is 9.46. The molecule has 210 valence electrons. The number of oxime groups is 1. The summed E-state index contributed by atoms with van der Waals surface area (Å²) in [5.74, 6) is 1.01. The first-order chi connectivity index (χ1) is 18.6. The monoisotopic (exact) mass is 534 g/mol. The Kier molecular flexibility index (Phi) is 7.71. The Morgan fingerprint density at radius 2 is 1.82 bits per heavy atom. The number of nitrogens with one attached hydrogen (secondary N) is 1. The molecule has 7 heteroatoms. The molecule has 4 aliphatic rings. The number of carboxylic acid groups (broad SMARTS) is 1. The molecule has 4 aliphatic carbocycles. The Morgan fingerprint density at radius 1 is 1.05 bits per heavy atom. The molecule has 0 aliphatic heterocycles. The zero-order valence-electron chi connectivity index (χ0n) is 23.4. The highest BCUT2D eigenvalue weighted by Crippen LogP contribution is 2.66. The molecule has 1 amide bonds. The average Bonchev–Trinajstić information content (AvgIpc) is 3.26. The van der Waals surface area contributed by atoms with E-state index >= 15 is 0 Å². The van der Waals surface area contributed by atoms with Crippen LogP contribution in [0.25, 0.3) is 0 Å². The van der Waals surface area contributed by atoms with Gasteiger partial charge in [0.15, 0.2) is 6.61 Å². The SMILES string of the molecule is CC(=O)C1CCC2C3CCC4=CC(=NOCC(=O)NC(Cc5ccccc5)C(=O)O)CC[C@@]4(C)C3CC[C@]12C. The Labute approximate surface area is 231 Å². The molecule has 5 rings (SSSR count). The molecule has 39 heavy (non-hydrogen) atoms. The molecule has 3 fully saturated rings. The highest BCUT2D eigenvalue weighted by Gasteiger charge is 2.59. The van der Waals surface area contributed by atoms with Gasteiger partial charge in [0, 0.05) is 12.3 Å². The lowest BCUT2D eigenvalue weighted by molar-refractivity contribution is -0.142. The standard InChI is InChI=1S/C32H42N2O5/c1-20(35)25-11-12-26-24-10-9-22-18-23(13-15-31(22,2)27(24)14-16-32(25,26)3)34-39-19-29(36)33-28(30(37)38)17-21-7-5-4-6-8-21/h4-8,18,24-28H,9-17,19H2,1-3H3,(H,33,36)(H,37,38)/t24?,25?,26?,27?,28?,31-,32-/m1/s1. The molecule has 3 saturated carbocycles.